The number of hydrogen-bond donors (Lipinski definition) is 1. The Hall–Kier alpha value is -1.89. The zero-order valence-corrected chi connectivity index (χ0v) is 8.19. The molecule has 0 aromatic carbocycles. The van der Waals surface area contributed by atoms with Crippen LogP contribution in [0.2, 0.25) is 5.02 Å². The zero-order chi connectivity index (χ0) is 11.7. The van der Waals surface area contributed by atoms with Crippen LogP contribution in [0, 0.1) is 17.0 Å². The van der Waals surface area contributed by atoms with Gasteiger partial charge in [0.05, 0.1) is 4.92 Å². The molecule has 1 aromatic rings. The summed E-state index contributed by atoms with van der Waals surface area (Å²) in [6.45, 7) is 1.31. The lowest BCUT2D eigenvalue weighted by molar-refractivity contribution is -0.386. The Kier molecular flexibility index (Phi) is 2.76. The number of nitrogens with zero attached hydrogens (tertiary/aromatic N) is 2. The van der Waals surface area contributed by atoms with Gasteiger partial charge in [0.1, 0.15) is 5.02 Å². The summed E-state index contributed by atoms with van der Waals surface area (Å²) in [6, 6.07) is 1.05. The molecule has 0 spiro atoms. The average molecular weight is 233 g/mol. The highest BCUT2D eigenvalue weighted by atomic mass is 35.5. The van der Waals surface area contributed by atoms with Crippen LogP contribution in [0.1, 0.15) is 5.69 Å². The van der Waals surface area contributed by atoms with Crippen LogP contribution in [-0.2, 0) is 0 Å². The summed E-state index contributed by atoms with van der Waals surface area (Å²) in [4.78, 5) is 31.4. The quantitative estimate of drug-likeness (QED) is 0.580. The van der Waals surface area contributed by atoms with Crippen molar-refractivity contribution < 1.29 is 14.8 Å². The summed E-state index contributed by atoms with van der Waals surface area (Å²) in [5.41, 5.74) is -2.18. The summed E-state index contributed by atoms with van der Waals surface area (Å²) in [7, 11) is 0. The smallest absolute Gasteiger partial charge is 0.418 e. The zero-order valence-electron chi connectivity index (χ0n) is 7.43. The molecule has 0 radical (unpaired) electrons. The van der Waals surface area contributed by atoms with Crippen LogP contribution in [0.5, 0.6) is 0 Å². The van der Waals surface area contributed by atoms with Crippen molar-refractivity contribution in [1.82, 2.24) is 4.57 Å². The maximum absolute atomic E-state index is 11.3. The highest BCUT2D eigenvalue weighted by Gasteiger charge is 2.24. The molecule has 0 unspecified atom stereocenters. The van der Waals surface area contributed by atoms with E-state index < -0.39 is 22.3 Å². The molecule has 7 nitrogen and oxygen atoms in total. The topological polar surface area (TPSA) is 102 Å². The van der Waals surface area contributed by atoms with E-state index in [4.69, 9.17) is 16.7 Å². The Labute approximate surface area is 87.7 Å². The van der Waals surface area contributed by atoms with E-state index >= 15 is 0 Å². The van der Waals surface area contributed by atoms with Crippen molar-refractivity contribution in [3.05, 3.63) is 37.3 Å². The maximum atomic E-state index is 11.3. The summed E-state index contributed by atoms with van der Waals surface area (Å²) < 4.78 is 0.268. The fourth-order valence-electron chi connectivity index (χ4n) is 1.09. The largest absolute Gasteiger partial charge is 0.464 e. The van der Waals surface area contributed by atoms with E-state index in [9.17, 15) is 19.7 Å². The van der Waals surface area contributed by atoms with E-state index in [1.54, 1.807) is 0 Å². The predicted octanol–water partition coefficient (Wildman–Crippen LogP) is 1.24. The highest BCUT2D eigenvalue weighted by Crippen LogP contribution is 2.20. The minimum absolute atomic E-state index is 0.0168. The number of nitro groups is 1. The Morgan fingerprint density at radius 1 is 1.67 bits per heavy atom. The van der Waals surface area contributed by atoms with Gasteiger partial charge in [0, 0.05) is 5.69 Å². The molecule has 1 rings (SSSR count). The van der Waals surface area contributed by atoms with Crippen molar-refractivity contribution in [2.24, 2.45) is 0 Å². The summed E-state index contributed by atoms with van der Waals surface area (Å²) >= 11 is 5.46. The first-order chi connectivity index (χ1) is 6.86. The highest BCUT2D eigenvalue weighted by molar-refractivity contribution is 6.32. The average Bonchev–Trinajstić information content (AvgIpc) is 1.99. The van der Waals surface area contributed by atoms with Gasteiger partial charge >= 0.3 is 17.3 Å². The number of carbonyl (C=O) groups is 1. The van der Waals surface area contributed by atoms with Gasteiger partial charge in [0.25, 0.3) is 0 Å². The van der Waals surface area contributed by atoms with Crippen LogP contribution < -0.4 is 5.56 Å². The Balaban J connectivity index is 3.72. The van der Waals surface area contributed by atoms with Crippen molar-refractivity contribution in [2.45, 2.75) is 6.92 Å². The van der Waals surface area contributed by atoms with Crippen molar-refractivity contribution in [1.29, 1.82) is 0 Å². The lowest BCUT2D eigenvalue weighted by Crippen LogP contribution is -2.29. The van der Waals surface area contributed by atoms with E-state index in [2.05, 4.69) is 0 Å². The SMILES string of the molecule is Cc1cc(Cl)c([N+](=O)[O-])c(=O)n1C(=O)O. The van der Waals surface area contributed by atoms with Gasteiger partial charge in [-0.25, -0.2) is 9.36 Å². The molecule has 0 atom stereocenters. The van der Waals surface area contributed by atoms with Gasteiger partial charge < -0.3 is 5.11 Å². The van der Waals surface area contributed by atoms with E-state index in [-0.39, 0.29) is 15.3 Å². The van der Waals surface area contributed by atoms with Crippen LogP contribution in [0.4, 0.5) is 10.5 Å². The number of carboxylic acid groups (broad SMARTS) is 1. The maximum Gasteiger partial charge on any atom is 0.418 e. The number of halogens is 1. The molecule has 1 N–H and O–H groups in total. The van der Waals surface area contributed by atoms with Crippen molar-refractivity contribution in [3.63, 3.8) is 0 Å². The Bertz CT molecular complexity index is 466. The van der Waals surface area contributed by atoms with Gasteiger partial charge in [-0.2, -0.15) is 0 Å². The third kappa shape index (κ3) is 1.82. The number of rotatable bonds is 1. The van der Waals surface area contributed by atoms with E-state index in [1.807, 2.05) is 0 Å². The summed E-state index contributed by atoms with van der Waals surface area (Å²) in [5, 5.41) is 18.7. The molecule has 1 heterocycles. The standard InChI is InChI=1S/C7H5ClN2O5/c1-3-2-4(8)5(10(14)15)6(11)9(3)7(12)13/h2H,1H3,(H,12,13). The van der Waals surface area contributed by atoms with Gasteiger partial charge in [-0.1, -0.05) is 11.6 Å². The molecule has 8 heteroatoms. The molecule has 80 valence electrons. The number of aryl methyl sites for hydroxylation is 1. The molecule has 0 aliphatic rings. The molecular formula is C7H5ClN2O5. The van der Waals surface area contributed by atoms with Gasteiger partial charge in [-0.3, -0.25) is 14.9 Å². The first-order valence-corrected chi connectivity index (χ1v) is 4.04. The predicted molar refractivity (Wildman–Crippen MR) is 50.5 cm³/mol. The van der Waals surface area contributed by atoms with Gasteiger partial charge in [0.15, 0.2) is 0 Å². The van der Waals surface area contributed by atoms with Crippen molar-refractivity contribution in [3.8, 4) is 0 Å². The molecule has 0 bridgehead atoms. The number of hydrogen-bond acceptors (Lipinski definition) is 4. The van der Waals surface area contributed by atoms with E-state index in [0.29, 0.717) is 0 Å². The van der Waals surface area contributed by atoms with E-state index in [0.717, 1.165) is 6.07 Å². The molecule has 0 fully saturated rings. The molecule has 15 heavy (non-hydrogen) atoms. The summed E-state index contributed by atoms with van der Waals surface area (Å²) in [5.74, 6) is 0. The van der Waals surface area contributed by atoms with Gasteiger partial charge in [-0.05, 0) is 13.0 Å². The third-order valence-electron chi connectivity index (χ3n) is 1.69. The third-order valence-corrected chi connectivity index (χ3v) is 1.98. The van der Waals surface area contributed by atoms with Gasteiger partial charge in [-0.15, -0.1) is 0 Å². The Morgan fingerprint density at radius 2 is 2.20 bits per heavy atom. The number of aromatic nitrogens is 1. The second kappa shape index (κ2) is 3.70. The molecule has 0 saturated carbocycles. The monoisotopic (exact) mass is 232 g/mol. The minimum atomic E-state index is -1.59. The second-order valence-electron chi connectivity index (χ2n) is 2.66. The fraction of sp³-hybridized carbons (Fsp3) is 0.143. The molecular weight excluding hydrogens is 228 g/mol. The second-order valence-corrected chi connectivity index (χ2v) is 3.07. The first-order valence-electron chi connectivity index (χ1n) is 3.66. The number of pyridine rings is 1. The first kappa shape index (κ1) is 11.2. The lowest BCUT2D eigenvalue weighted by Gasteiger charge is -2.04. The van der Waals surface area contributed by atoms with E-state index in [1.165, 1.54) is 6.92 Å². The Morgan fingerprint density at radius 3 is 2.60 bits per heavy atom. The van der Waals surface area contributed by atoms with Crippen LogP contribution >= 0.6 is 11.6 Å². The van der Waals surface area contributed by atoms with Crippen molar-refractivity contribution >= 4 is 23.4 Å². The van der Waals surface area contributed by atoms with Crippen LogP contribution in [0.25, 0.3) is 0 Å². The van der Waals surface area contributed by atoms with Crippen LogP contribution in [0.15, 0.2) is 10.9 Å². The van der Waals surface area contributed by atoms with Gasteiger partial charge in [0.2, 0.25) is 0 Å². The lowest BCUT2D eigenvalue weighted by atomic mass is 10.3. The molecule has 0 aliphatic carbocycles. The van der Waals surface area contributed by atoms with Crippen LogP contribution in [0.3, 0.4) is 0 Å². The molecule has 1 aromatic heterocycles. The molecule has 0 saturated heterocycles. The molecule has 0 amide bonds. The minimum Gasteiger partial charge on any atom is -0.464 e. The van der Waals surface area contributed by atoms with Crippen molar-refractivity contribution in [2.75, 3.05) is 0 Å². The fourth-order valence-corrected chi connectivity index (χ4v) is 1.40. The summed E-state index contributed by atoms with van der Waals surface area (Å²) in [6.07, 6.45) is -1.59. The normalized spacial score (nSPS) is 10.0. The molecule has 0 aliphatic heterocycles. The van der Waals surface area contributed by atoms with Crippen LogP contribution in [-0.4, -0.2) is 20.7 Å².